The Labute approximate surface area is 157 Å². The predicted octanol–water partition coefficient (Wildman–Crippen LogP) is 4.69. The molecule has 3 nitrogen and oxygen atoms in total. The van der Waals surface area contributed by atoms with Crippen molar-refractivity contribution in [2.45, 2.75) is 83.8 Å². The van der Waals surface area contributed by atoms with E-state index in [1.54, 1.807) is 0 Å². The van der Waals surface area contributed by atoms with Gasteiger partial charge in [0.15, 0.2) is 5.78 Å². The molecule has 1 spiro atoms. The van der Waals surface area contributed by atoms with Crippen molar-refractivity contribution in [1.29, 1.82) is 0 Å². The van der Waals surface area contributed by atoms with Crippen LogP contribution in [0.2, 0.25) is 0 Å². The highest BCUT2D eigenvalue weighted by atomic mass is 16.6. The van der Waals surface area contributed by atoms with Crippen molar-refractivity contribution in [3.05, 3.63) is 11.6 Å². The zero-order valence-electron chi connectivity index (χ0n) is 16.7. The minimum Gasteiger partial charge on any atom is -0.373 e. The van der Waals surface area contributed by atoms with E-state index in [0.717, 1.165) is 56.7 Å². The number of carbonyl (C=O) groups is 1. The third kappa shape index (κ3) is 2.05. The van der Waals surface area contributed by atoms with E-state index < -0.39 is 0 Å². The SMILES string of the molecule is CC1OCCO[C@@]12CC[C@H]1[C@@H]3CCC4=CC(=O)CC[C@]4(C)[C@H]3CC[C@@]12C. The second-order valence-electron chi connectivity index (χ2n) is 10.2. The molecule has 3 heteroatoms. The molecule has 5 rings (SSSR count). The molecule has 7 atom stereocenters. The lowest BCUT2D eigenvalue weighted by atomic mass is 9.46. The minimum absolute atomic E-state index is 0.0690. The van der Waals surface area contributed by atoms with Crippen LogP contribution < -0.4 is 0 Å². The van der Waals surface area contributed by atoms with Gasteiger partial charge in [-0.05, 0) is 81.1 Å². The van der Waals surface area contributed by atoms with Crippen LogP contribution in [0.5, 0.6) is 0 Å². The number of ether oxygens (including phenoxy) is 2. The lowest BCUT2D eigenvalue weighted by Gasteiger charge is -2.61. The fourth-order valence-corrected chi connectivity index (χ4v) is 8.20. The summed E-state index contributed by atoms with van der Waals surface area (Å²) < 4.78 is 12.7. The number of hydrogen-bond acceptors (Lipinski definition) is 3. The van der Waals surface area contributed by atoms with Crippen molar-refractivity contribution in [2.75, 3.05) is 13.2 Å². The topological polar surface area (TPSA) is 35.5 Å². The van der Waals surface area contributed by atoms with Gasteiger partial charge in [-0.25, -0.2) is 0 Å². The molecule has 0 aromatic carbocycles. The van der Waals surface area contributed by atoms with E-state index in [9.17, 15) is 4.79 Å². The second kappa shape index (κ2) is 5.67. The molecule has 0 N–H and O–H groups in total. The molecule has 0 amide bonds. The van der Waals surface area contributed by atoms with E-state index in [2.05, 4.69) is 20.8 Å². The molecule has 1 saturated heterocycles. The summed E-state index contributed by atoms with van der Waals surface area (Å²) >= 11 is 0. The summed E-state index contributed by atoms with van der Waals surface area (Å²) in [6.07, 6.45) is 11.5. The fourth-order valence-electron chi connectivity index (χ4n) is 8.20. The molecule has 0 aromatic heterocycles. The average molecular weight is 359 g/mol. The van der Waals surface area contributed by atoms with Gasteiger partial charge in [-0.15, -0.1) is 0 Å². The van der Waals surface area contributed by atoms with Gasteiger partial charge in [0.1, 0.15) is 0 Å². The highest BCUT2D eigenvalue weighted by Gasteiger charge is 2.67. The van der Waals surface area contributed by atoms with Crippen LogP contribution in [0.25, 0.3) is 0 Å². The van der Waals surface area contributed by atoms with Crippen LogP contribution in [0.3, 0.4) is 0 Å². The number of ketones is 1. The van der Waals surface area contributed by atoms with Crippen LogP contribution in [0.4, 0.5) is 0 Å². The Morgan fingerprint density at radius 2 is 1.81 bits per heavy atom. The zero-order chi connectivity index (χ0) is 18.2. The van der Waals surface area contributed by atoms with E-state index in [1.807, 2.05) is 6.08 Å². The molecule has 1 aliphatic heterocycles. The third-order valence-corrected chi connectivity index (χ3v) is 9.61. The normalized spacial score (nSPS) is 53.7. The molecule has 0 bridgehead atoms. The molecule has 4 fully saturated rings. The first-order valence-corrected chi connectivity index (χ1v) is 10.9. The van der Waals surface area contributed by atoms with Gasteiger partial charge < -0.3 is 9.47 Å². The average Bonchev–Trinajstić information content (AvgIpc) is 2.92. The Balaban J connectivity index is 1.49. The van der Waals surface area contributed by atoms with Gasteiger partial charge in [-0.2, -0.15) is 0 Å². The minimum atomic E-state index is -0.0690. The molecular formula is C23H34O3. The van der Waals surface area contributed by atoms with Crippen molar-refractivity contribution in [3.63, 3.8) is 0 Å². The van der Waals surface area contributed by atoms with Crippen LogP contribution in [-0.4, -0.2) is 30.7 Å². The molecular weight excluding hydrogens is 324 g/mol. The molecule has 144 valence electrons. The quantitative estimate of drug-likeness (QED) is 0.630. The molecule has 0 radical (unpaired) electrons. The lowest BCUT2D eigenvalue weighted by Crippen LogP contribution is -2.61. The Kier molecular flexibility index (Phi) is 3.80. The van der Waals surface area contributed by atoms with Gasteiger partial charge in [0.05, 0.1) is 24.9 Å². The summed E-state index contributed by atoms with van der Waals surface area (Å²) in [7, 11) is 0. The molecule has 5 aliphatic rings. The summed E-state index contributed by atoms with van der Waals surface area (Å²) in [5.74, 6) is 2.66. The summed E-state index contributed by atoms with van der Waals surface area (Å²) in [5.41, 5.74) is 1.91. The van der Waals surface area contributed by atoms with E-state index in [1.165, 1.54) is 31.3 Å². The molecule has 0 aromatic rings. The van der Waals surface area contributed by atoms with Gasteiger partial charge in [-0.3, -0.25) is 4.79 Å². The number of hydrogen-bond donors (Lipinski definition) is 0. The van der Waals surface area contributed by atoms with Gasteiger partial charge in [0.2, 0.25) is 0 Å². The van der Waals surface area contributed by atoms with Crippen molar-refractivity contribution >= 4 is 5.78 Å². The maximum Gasteiger partial charge on any atom is 0.155 e. The third-order valence-electron chi connectivity index (χ3n) is 9.61. The number of carbonyl (C=O) groups excluding carboxylic acids is 1. The Bertz CT molecular complexity index is 654. The van der Waals surface area contributed by atoms with E-state index >= 15 is 0 Å². The first kappa shape index (κ1) is 17.4. The molecule has 1 unspecified atom stereocenters. The van der Waals surface area contributed by atoms with Crippen LogP contribution >= 0.6 is 0 Å². The maximum absolute atomic E-state index is 12.0. The van der Waals surface area contributed by atoms with E-state index in [4.69, 9.17) is 9.47 Å². The summed E-state index contributed by atoms with van der Waals surface area (Å²) in [5, 5.41) is 0. The second-order valence-corrected chi connectivity index (χ2v) is 10.2. The van der Waals surface area contributed by atoms with Gasteiger partial charge in [0, 0.05) is 11.8 Å². The zero-order valence-corrected chi connectivity index (χ0v) is 16.7. The summed E-state index contributed by atoms with van der Waals surface area (Å²) in [4.78, 5) is 12.0. The Morgan fingerprint density at radius 1 is 1.00 bits per heavy atom. The molecule has 1 heterocycles. The number of fused-ring (bicyclic) bond motifs is 6. The molecule has 26 heavy (non-hydrogen) atoms. The van der Waals surface area contributed by atoms with Crippen LogP contribution in [0.1, 0.15) is 72.1 Å². The standard InChI is InChI=1S/C23H34O3/c1-15-23(26-13-12-25-15)11-8-20-18-5-4-16-14-17(24)6-9-21(16,2)19(18)7-10-22(20,23)3/h14-15,18-20H,4-13H2,1-3H3/t15?,18-,19+,20+,21+,22+,23+/m1/s1. The van der Waals surface area contributed by atoms with Crippen molar-refractivity contribution in [3.8, 4) is 0 Å². The van der Waals surface area contributed by atoms with Gasteiger partial charge >= 0.3 is 0 Å². The first-order valence-electron chi connectivity index (χ1n) is 10.9. The maximum atomic E-state index is 12.0. The number of rotatable bonds is 0. The summed E-state index contributed by atoms with van der Waals surface area (Å²) in [6.45, 7) is 8.74. The predicted molar refractivity (Wildman–Crippen MR) is 101 cm³/mol. The highest BCUT2D eigenvalue weighted by molar-refractivity contribution is 5.91. The van der Waals surface area contributed by atoms with Crippen molar-refractivity contribution < 1.29 is 14.3 Å². The lowest BCUT2D eigenvalue weighted by molar-refractivity contribution is -0.252. The van der Waals surface area contributed by atoms with Crippen LogP contribution in [-0.2, 0) is 14.3 Å². The fraction of sp³-hybridized carbons (Fsp3) is 0.870. The Hall–Kier alpha value is -0.670. The largest absolute Gasteiger partial charge is 0.373 e. The van der Waals surface area contributed by atoms with Crippen molar-refractivity contribution in [1.82, 2.24) is 0 Å². The van der Waals surface area contributed by atoms with Crippen LogP contribution in [0, 0.1) is 28.6 Å². The highest BCUT2D eigenvalue weighted by Crippen LogP contribution is 2.69. The Morgan fingerprint density at radius 3 is 2.62 bits per heavy atom. The van der Waals surface area contributed by atoms with E-state index in [-0.39, 0.29) is 22.5 Å². The van der Waals surface area contributed by atoms with Gasteiger partial charge in [-0.1, -0.05) is 19.4 Å². The van der Waals surface area contributed by atoms with E-state index in [0.29, 0.717) is 5.78 Å². The first-order chi connectivity index (χ1) is 12.4. The van der Waals surface area contributed by atoms with Crippen molar-refractivity contribution in [2.24, 2.45) is 28.6 Å². The number of allylic oxidation sites excluding steroid dienone is 1. The molecule has 3 saturated carbocycles. The smallest absolute Gasteiger partial charge is 0.155 e. The molecule has 4 aliphatic carbocycles. The van der Waals surface area contributed by atoms with Gasteiger partial charge in [0.25, 0.3) is 0 Å². The summed E-state index contributed by atoms with van der Waals surface area (Å²) in [6, 6.07) is 0. The monoisotopic (exact) mass is 358 g/mol. The van der Waals surface area contributed by atoms with Crippen LogP contribution in [0.15, 0.2) is 11.6 Å².